The molecule has 1 N–H and O–H groups in total. The van der Waals surface area contributed by atoms with Crippen molar-refractivity contribution < 1.29 is 18.7 Å². The average molecular weight is 315 g/mol. The summed E-state index contributed by atoms with van der Waals surface area (Å²) in [4.78, 5) is 14.1. The van der Waals surface area contributed by atoms with E-state index >= 15 is 0 Å². The van der Waals surface area contributed by atoms with Gasteiger partial charge in [0.1, 0.15) is 5.60 Å². The van der Waals surface area contributed by atoms with Gasteiger partial charge < -0.3 is 10.0 Å². The van der Waals surface area contributed by atoms with Crippen LogP contribution in [0.15, 0.2) is 23.1 Å². The Balaban J connectivity index is 1.74. The van der Waals surface area contributed by atoms with Crippen LogP contribution < -0.4 is 0 Å². The minimum Gasteiger partial charge on any atom is -0.386 e. The van der Waals surface area contributed by atoms with Crippen LogP contribution in [0.5, 0.6) is 0 Å². The highest BCUT2D eigenvalue weighted by Gasteiger charge is 2.45. The van der Waals surface area contributed by atoms with Gasteiger partial charge in [0.05, 0.1) is 13.1 Å². The molecule has 0 aliphatic carbocycles. The molecule has 6 heteroatoms. The van der Waals surface area contributed by atoms with E-state index in [1.165, 1.54) is 17.8 Å². The van der Waals surface area contributed by atoms with Crippen molar-refractivity contribution in [2.45, 2.75) is 30.8 Å². The Morgan fingerprint density at radius 1 is 1.38 bits per heavy atom. The number of carbonyl (C=O) groups excluding carboxylic acids is 1. The summed E-state index contributed by atoms with van der Waals surface area (Å²) >= 11 is 1.31. The van der Waals surface area contributed by atoms with Crippen LogP contribution in [0.1, 0.15) is 20.3 Å². The Morgan fingerprint density at radius 2 is 2.05 bits per heavy atom. The first kappa shape index (κ1) is 16.2. The monoisotopic (exact) mass is 315 g/mol. The highest BCUT2D eigenvalue weighted by Crippen LogP contribution is 2.29. The molecule has 0 unspecified atom stereocenters. The minimum atomic E-state index is -0.879. The predicted molar refractivity (Wildman–Crippen MR) is 78.1 cm³/mol. The van der Waals surface area contributed by atoms with Crippen LogP contribution in [0, 0.1) is 17.6 Å². The van der Waals surface area contributed by atoms with Gasteiger partial charge >= 0.3 is 0 Å². The van der Waals surface area contributed by atoms with Crippen molar-refractivity contribution in [1.29, 1.82) is 0 Å². The van der Waals surface area contributed by atoms with Crippen LogP contribution in [0.25, 0.3) is 0 Å². The second-order valence-electron chi connectivity index (χ2n) is 5.68. The fourth-order valence-electron chi connectivity index (χ4n) is 2.14. The molecular weight excluding hydrogens is 296 g/mol. The Bertz CT molecular complexity index is 530. The Kier molecular flexibility index (Phi) is 4.88. The first-order valence-corrected chi connectivity index (χ1v) is 7.88. The van der Waals surface area contributed by atoms with Crippen molar-refractivity contribution in [3.63, 3.8) is 0 Å². The number of thioether (sulfide) groups is 1. The average Bonchev–Trinajstić information content (AvgIpc) is 2.38. The van der Waals surface area contributed by atoms with Gasteiger partial charge in [0.25, 0.3) is 0 Å². The zero-order valence-electron chi connectivity index (χ0n) is 12.1. The molecule has 21 heavy (non-hydrogen) atoms. The van der Waals surface area contributed by atoms with Crippen LogP contribution >= 0.6 is 11.8 Å². The SMILES string of the molecule is CC(C)C1(O)CN(C(=O)CCSc2ccc(F)c(F)c2)C1. The molecule has 1 aromatic carbocycles. The summed E-state index contributed by atoms with van der Waals surface area (Å²) < 4.78 is 25.8. The third-order valence-electron chi connectivity index (χ3n) is 3.83. The second-order valence-corrected chi connectivity index (χ2v) is 6.85. The molecule has 0 aromatic heterocycles. The van der Waals surface area contributed by atoms with Crippen molar-refractivity contribution in [1.82, 2.24) is 4.90 Å². The Labute approximate surface area is 127 Å². The topological polar surface area (TPSA) is 40.5 Å². The number of rotatable bonds is 5. The number of nitrogens with zero attached hydrogens (tertiary/aromatic N) is 1. The predicted octanol–water partition coefficient (Wildman–Crippen LogP) is 2.68. The van der Waals surface area contributed by atoms with Crippen molar-refractivity contribution in [2.24, 2.45) is 5.92 Å². The van der Waals surface area contributed by atoms with Crippen LogP contribution in [0.4, 0.5) is 8.78 Å². The molecule has 1 heterocycles. The van der Waals surface area contributed by atoms with Gasteiger partial charge in [0.2, 0.25) is 5.91 Å². The largest absolute Gasteiger partial charge is 0.386 e. The second kappa shape index (κ2) is 6.32. The fraction of sp³-hybridized carbons (Fsp3) is 0.533. The van der Waals surface area contributed by atoms with E-state index in [0.29, 0.717) is 30.2 Å². The standard InChI is InChI=1S/C15H19F2NO2S/c1-10(2)15(20)8-18(9-15)14(19)5-6-21-11-3-4-12(16)13(17)7-11/h3-4,7,10,20H,5-6,8-9H2,1-2H3. The lowest BCUT2D eigenvalue weighted by Crippen LogP contribution is -2.66. The molecule has 2 rings (SSSR count). The van der Waals surface area contributed by atoms with Gasteiger partial charge in [-0.25, -0.2) is 8.78 Å². The van der Waals surface area contributed by atoms with Gasteiger partial charge in [-0.3, -0.25) is 4.79 Å². The zero-order chi connectivity index (χ0) is 15.6. The number of β-amino-alcohol motifs (C(OH)–C–C–N with tert-alkyl or cyclic N) is 1. The lowest BCUT2D eigenvalue weighted by atomic mass is 9.83. The highest BCUT2D eigenvalue weighted by atomic mass is 32.2. The van der Waals surface area contributed by atoms with E-state index in [1.54, 1.807) is 4.90 Å². The molecule has 1 saturated heterocycles. The van der Waals surface area contributed by atoms with Crippen LogP contribution in [-0.4, -0.2) is 40.4 Å². The molecule has 0 radical (unpaired) electrons. The third-order valence-corrected chi connectivity index (χ3v) is 4.83. The number of halogens is 2. The molecule has 1 aromatic rings. The summed E-state index contributed by atoms with van der Waals surface area (Å²) in [5.74, 6) is -1.14. The molecule has 1 aliphatic heterocycles. The number of benzene rings is 1. The molecule has 3 nitrogen and oxygen atoms in total. The molecule has 0 bridgehead atoms. The molecular formula is C15H19F2NO2S. The maximum atomic E-state index is 13.0. The quantitative estimate of drug-likeness (QED) is 0.849. The van der Waals surface area contributed by atoms with Crippen molar-refractivity contribution in [2.75, 3.05) is 18.8 Å². The number of hydrogen-bond donors (Lipinski definition) is 1. The van der Waals surface area contributed by atoms with E-state index in [-0.39, 0.29) is 11.8 Å². The van der Waals surface area contributed by atoms with Gasteiger partial charge in [0, 0.05) is 17.1 Å². The van der Waals surface area contributed by atoms with E-state index in [1.807, 2.05) is 13.8 Å². The normalized spacial score (nSPS) is 17.0. The van der Waals surface area contributed by atoms with Gasteiger partial charge in [-0.2, -0.15) is 0 Å². The lowest BCUT2D eigenvalue weighted by molar-refractivity contribution is -0.163. The Morgan fingerprint density at radius 3 is 2.62 bits per heavy atom. The number of amides is 1. The summed E-state index contributed by atoms with van der Waals surface area (Å²) in [6.07, 6.45) is 0.317. The summed E-state index contributed by atoms with van der Waals surface area (Å²) in [7, 11) is 0. The number of aliphatic hydroxyl groups is 1. The van der Waals surface area contributed by atoms with Gasteiger partial charge in [-0.1, -0.05) is 13.8 Å². The molecule has 1 fully saturated rings. The molecule has 0 saturated carbocycles. The van der Waals surface area contributed by atoms with E-state index in [2.05, 4.69) is 0 Å². The maximum Gasteiger partial charge on any atom is 0.223 e. The lowest BCUT2D eigenvalue weighted by Gasteiger charge is -2.49. The third kappa shape index (κ3) is 3.74. The summed E-state index contributed by atoms with van der Waals surface area (Å²) in [5, 5.41) is 10.1. The summed E-state index contributed by atoms with van der Waals surface area (Å²) in [5.41, 5.74) is -0.761. The van der Waals surface area contributed by atoms with Crippen LogP contribution in [0.3, 0.4) is 0 Å². The number of likely N-dealkylation sites (tertiary alicyclic amines) is 1. The minimum absolute atomic E-state index is 0.0181. The van der Waals surface area contributed by atoms with E-state index in [9.17, 15) is 18.7 Å². The first-order valence-electron chi connectivity index (χ1n) is 6.90. The highest BCUT2D eigenvalue weighted by molar-refractivity contribution is 7.99. The van der Waals surface area contributed by atoms with Gasteiger partial charge in [0.15, 0.2) is 11.6 Å². The summed E-state index contributed by atoms with van der Waals surface area (Å²) in [6.45, 7) is 4.61. The number of hydrogen-bond acceptors (Lipinski definition) is 3. The van der Waals surface area contributed by atoms with Crippen molar-refractivity contribution in [3.05, 3.63) is 29.8 Å². The van der Waals surface area contributed by atoms with Crippen molar-refractivity contribution in [3.8, 4) is 0 Å². The first-order chi connectivity index (χ1) is 9.82. The smallest absolute Gasteiger partial charge is 0.223 e. The van der Waals surface area contributed by atoms with Crippen molar-refractivity contribution >= 4 is 17.7 Å². The molecule has 0 spiro atoms. The van der Waals surface area contributed by atoms with Crippen LogP contribution in [0.2, 0.25) is 0 Å². The number of carbonyl (C=O) groups is 1. The molecule has 0 atom stereocenters. The van der Waals surface area contributed by atoms with E-state index in [4.69, 9.17) is 0 Å². The zero-order valence-corrected chi connectivity index (χ0v) is 12.9. The Hall–Kier alpha value is -1.14. The summed E-state index contributed by atoms with van der Waals surface area (Å²) in [6, 6.07) is 3.71. The maximum absolute atomic E-state index is 13.0. The van der Waals surface area contributed by atoms with Crippen LogP contribution in [-0.2, 0) is 4.79 Å². The fourth-order valence-corrected chi connectivity index (χ4v) is 3.00. The van der Waals surface area contributed by atoms with Gasteiger partial charge in [-0.15, -0.1) is 11.8 Å². The molecule has 1 aliphatic rings. The van der Waals surface area contributed by atoms with Gasteiger partial charge in [-0.05, 0) is 24.1 Å². The molecule has 1 amide bonds. The molecule has 116 valence electrons. The van der Waals surface area contributed by atoms with E-state index < -0.39 is 17.2 Å². The van der Waals surface area contributed by atoms with E-state index in [0.717, 1.165) is 12.1 Å².